The van der Waals surface area contributed by atoms with E-state index in [-0.39, 0.29) is 18.2 Å². The number of anilines is 1. The summed E-state index contributed by atoms with van der Waals surface area (Å²) in [7, 11) is 0. The molecule has 124 valence electrons. The lowest BCUT2D eigenvalue weighted by molar-refractivity contribution is -0.451. The van der Waals surface area contributed by atoms with Crippen LogP contribution in [0.4, 0.5) is 5.69 Å². The van der Waals surface area contributed by atoms with Crippen molar-refractivity contribution in [3.8, 4) is 0 Å². The minimum Gasteiger partial charge on any atom is -0.274 e. The molecule has 23 heavy (non-hydrogen) atoms. The van der Waals surface area contributed by atoms with Crippen LogP contribution in [0.5, 0.6) is 0 Å². The number of benzene rings is 1. The first-order chi connectivity index (χ1) is 11.0. The smallest absolute Gasteiger partial charge is 0.274 e. The number of imide groups is 1. The van der Waals surface area contributed by atoms with Gasteiger partial charge >= 0.3 is 5.17 Å². The molecule has 0 radical (unpaired) electrons. The Bertz CT molecular complexity index is 631. The summed E-state index contributed by atoms with van der Waals surface area (Å²) in [6.45, 7) is 5.41. The van der Waals surface area contributed by atoms with E-state index in [1.54, 1.807) is 18.2 Å². The Hall–Kier alpha value is -1.24. The lowest BCUT2D eigenvalue weighted by Crippen LogP contribution is -2.74. The molecule has 0 aliphatic carbocycles. The van der Waals surface area contributed by atoms with E-state index in [2.05, 4.69) is 10.3 Å². The van der Waals surface area contributed by atoms with Gasteiger partial charge in [-0.3, -0.25) is 19.9 Å². The lowest BCUT2D eigenvalue weighted by atomic mass is 10.3. The van der Waals surface area contributed by atoms with Crippen LogP contribution in [-0.4, -0.2) is 35.3 Å². The number of hydrogen-bond acceptors (Lipinski definition) is 3. The number of hydrogen-bond donors (Lipinski definition) is 2. The molecule has 1 aliphatic heterocycles. The molecule has 0 bridgehead atoms. The molecule has 1 aliphatic rings. The number of halogens is 2. The van der Waals surface area contributed by atoms with Crippen molar-refractivity contribution in [3.63, 3.8) is 0 Å². The third kappa shape index (κ3) is 4.40. The standard InChI is InChI=1S/C15H17Cl2N3O2S/c1-3-18-15(19-4-2)23-12-8-13(21)20(14(12)22)11-6-9(16)5-10(17)7-11/h5-7,12H,3-4,8H2,1-2H3,(H,18,19)/p+1/t12-/m1/s1. The third-order valence-electron chi connectivity index (χ3n) is 3.15. The van der Waals surface area contributed by atoms with E-state index in [1.807, 2.05) is 13.8 Å². The molecule has 2 rings (SSSR count). The number of amidine groups is 1. The van der Waals surface area contributed by atoms with Crippen molar-refractivity contribution in [1.29, 1.82) is 0 Å². The van der Waals surface area contributed by atoms with Crippen LogP contribution >= 0.6 is 35.0 Å². The number of nitrogens with zero attached hydrogens (tertiary/aromatic N) is 1. The van der Waals surface area contributed by atoms with E-state index in [0.29, 0.717) is 15.7 Å². The highest BCUT2D eigenvalue weighted by atomic mass is 35.5. The summed E-state index contributed by atoms with van der Waals surface area (Å²) in [6.07, 6.45) is 0.147. The molecule has 1 aromatic rings. The van der Waals surface area contributed by atoms with Crippen molar-refractivity contribution >= 4 is 57.6 Å². The summed E-state index contributed by atoms with van der Waals surface area (Å²) in [5, 5.41) is 4.27. The molecule has 5 nitrogen and oxygen atoms in total. The molecule has 0 unspecified atom stereocenters. The van der Waals surface area contributed by atoms with Crippen molar-refractivity contribution in [1.82, 2.24) is 5.32 Å². The Labute approximate surface area is 149 Å². The first-order valence-corrected chi connectivity index (χ1v) is 8.94. The van der Waals surface area contributed by atoms with Crippen molar-refractivity contribution in [2.75, 3.05) is 18.0 Å². The van der Waals surface area contributed by atoms with E-state index in [4.69, 9.17) is 23.2 Å². The maximum Gasteiger partial charge on any atom is 0.304 e. The number of thioether (sulfide) groups is 1. The maximum absolute atomic E-state index is 12.6. The number of amides is 2. The minimum absolute atomic E-state index is 0.147. The van der Waals surface area contributed by atoms with E-state index < -0.39 is 5.25 Å². The predicted molar refractivity (Wildman–Crippen MR) is 95.1 cm³/mol. The Morgan fingerprint density at radius 3 is 2.52 bits per heavy atom. The Kier molecular flexibility index (Phi) is 6.33. The summed E-state index contributed by atoms with van der Waals surface area (Å²) in [6, 6.07) is 4.69. The summed E-state index contributed by atoms with van der Waals surface area (Å²) >= 11 is 13.3. The fourth-order valence-electron chi connectivity index (χ4n) is 2.24. The molecular weight excluding hydrogens is 357 g/mol. The van der Waals surface area contributed by atoms with Crippen LogP contribution < -0.4 is 15.2 Å². The van der Waals surface area contributed by atoms with Gasteiger partial charge in [-0.15, -0.1) is 0 Å². The van der Waals surface area contributed by atoms with E-state index in [1.165, 1.54) is 11.8 Å². The lowest BCUT2D eigenvalue weighted by Gasteiger charge is -2.15. The number of rotatable bonds is 4. The van der Waals surface area contributed by atoms with Crippen LogP contribution in [-0.2, 0) is 9.59 Å². The van der Waals surface area contributed by atoms with Crippen LogP contribution in [0.25, 0.3) is 0 Å². The molecule has 1 atom stereocenters. The highest BCUT2D eigenvalue weighted by molar-refractivity contribution is 8.14. The summed E-state index contributed by atoms with van der Waals surface area (Å²) in [5.41, 5.74) is 0.411. The molecule has 1 heterocycles. The van der Waals surface area contributed by atoms with E-state index in [0.717, 1.165) is 23.2 Å². The van der Waals surface area contributed by atoms with Gasteiger partial charge in [0.2, 0.25) is 11.8 Å². The second-order valence-corrected chi connectivity index (χ2v) is 6.98. The van der Waals surface area contributed by atoms with Crippen LogP contribution in [0.2, 0.25) is 10.0 Å². The summed E-state index contributed by atoms with van der Waals surface area (Å²) < 4.78 is 0. The van der Waals surface area contributed by atoms with Gasteiger partial charge in [-0.2, -0.15) is 0 Å². The third-order valence-corrected chi connectivity index (χ3v) is 4.76. The molecule has 2 amide bonds. The van der Waals surface area contributed by atoms with E-state index in [9.17, 15) is 9.59 Å². The van der Waals surface area contributed by atoms with Crippen LogP contribution in [0.15, 0.2) is 18.2 Å². The van der Waals surface area contributed by atoms with Gasteiger partial charge in [0.15, 0.2) is 0 Å². The zero-order valence-electron chi connectivity index (χ0n) is 12.9. The highest BCUT2D eigenvalue weighted by Gasteiger charge is 2.41. The summed E-state index contributed by atoms with van der Waals surface area (Å²) in [4.78, 5) is 29.2. The average molecular weight is 375 g/mol. The second kappa shape index (κ2) is 8.04. The van der Waals surface area contributed by atoms with Crippen molar-refractivity contribution in [2.45, 2.75) is 25.5 Å². The molecule has 8 heteroatoms. The van der Waals surface area contributed by atoms with Gasteiger partial charge in [0.05, 0.1) is 18.8 Å². The van der Waals surface area contributed by atoms with Gasteiger partial charge in [-0.25, -0.2) is 4.90 Å². The fraction of sp³-hybridized carbons (Fsp3) is 0.400. The molecule has 2 N–H and O–H groups in total. The first-order valence-electron chi connectivity index (χ1n) is 7.30. The van der Waals surface area contributed by atoms with Gasteiger partial charge in [-0.05, 0) is 43.8 Å². The van der Waals surface area contributed by atoms with Gasteiger partial charge < -0.3 is 0 Å². The monoisotopic (exact) mass is 374 g/mol. The quantitative estimate of drug-likeness (QED) is 0.475. The van der Waals surface area contributed by atoms with Gasteiger partial charge in [0, 0.05) is 16.5 Å². The first kappa shape index (κ1) is 18.1. The molecule has 1 saturated heterocycles. The Morgan fingerprint density at radius 2 is 1.96 bits per heavy atom. The van der Waals surface area contributed by atoms with E-state index >= 15 is 0 Å². The molecule has 0 spiro atoms. The minimum atomic E-state index is -0.464. The fourth-order valence-corrected chi connectivity index (χ4v) is 3.93. The van der Waals surface area contributed by atoms with Crippen LogP contribution in [0.3, 0.4) is 0 Å². The summed E-state index contributed by atoms with van der Waals surface area (Å²) in [5.74, 6) is -0.509. The topological polar surface area (TPSA) is 63.4 Å². The van der Waals surface area contributed by atoms with Crippen molar-refractivity contribution < 1.29 is 14.6 Å². The van der Waals surface area contributed by atoms with Gasteiger partial charge in [-0.1, -0.05) is 23.2 Å². The zero-order chi connectivity index (χ0) is 17.0. The van der Waals surface area contributed by atoms with Crippen molar-refractivity contribution in [2.24, 2.45) is 0 Å². The van der Waals surface area contributed by atoms with Crippen LogP contribution in [0.1, 0.15) is 20.3 Å². The Balaban J connectivity index is 2.21. The molecule has 0 saturated carbocycles. The average Bonchev–Trinajstić information content (AvgIpc) is 2.73. The van der Waals surface area contributed by atoms with Crippen molar-refractivity contribution in [3.05, 3.63) is 28.2 Å². The zero-order valence-corrected chi connectivity index (χ0v) is 15.2. The SMILES string of the molecule is CCNC(=[NH+]CC)S[C@@H]1CC(=O)N(c2cc(Cl)cc(Cl)c2)C1=O. The van der Waals surface area contributed by atoms with Gasteiger partial charge in [0.25, 0.3) is 0 Å². The van der Waals surface area contributed by atoms with Gasteiger partial charge in [0.1, 0.15) is 5.25 Å². The van der Waals surface area contributed by atoms with Crippen LogP contribution in [0, 0.1) is 0 Å². The molecule has 1 aromatic carbocycles. The maximum atomic E-state index is 12.6. The Morgan fingerprint density at radius 1 is 1.30 bits per heavy atom. The highest BCUT2D eigenvalue weighted by Crippen LogP contribution is 2.32. The second-order valence-electron chi connectivity index (χ2n) is 4.90. The number of nitrogens with one attached hydrogen (secondary N) is 2. The normalized spacial score (nSPS) is 18.7. The molecule has 1 fully saturated rings. The predicted octanol–water partition coefficient (Wildman–Crippen LogP) is 1.42. The largest absolute Gasteiger partial charge is 0.304 e. The molecular formula is C15H18Cl2N3O2S+. The number of carbonyl (C=O) groups excluding carboxylic acids is 2. The molecule has 0 aromatic heterocycles. The number of carbonyl (C=O) groups is 2.